The van der Waals surface area contributed by atoms with Crippen LogP contribution in [0.1, 0.15) is 33.7 Å². The Morgan fingerprint density at radius 1 is 1.15 bits per heavy atom. The first-order chi connectivity index (χ1) is 12.8. The number of anilines is 1. The Balaban J connectivity index is 1.77. The maximum Gasteiger partial charge on any atom is 0.259 e. The number of amides is 1. The van der Waals surface area contributed by atoms with Crippen LogP contribution in [0.5, 0.6) is 0 Å². The van der Waals surface area contributed by atoms with E-state index in [0.29, 0.717) is 19.2 Å². The fourth-order valence-corrected chi connectivity index (χ4v) is 2.92. The molecule has 0 unspecified atom stereocenters. The van der Waals surface area contributed by atoms with E-state index in [1.54, 1.807) is 0 Å². The second kappa shape index (κ2) is 7.48. The molecule has 1 aromatic carbocycles. The third-order valence-electron chi connectivity index (χ3n) is 4.59. The second-order valence-electron chi connectivity index (χ2n) is 6.58. The van der Waals surface area contributed by atoms with Crippen molar-refractivity contribution < 1.29 is 22.8 Å². The van der Waals surface area contributed by atoms with E-state index < -0.39 is 29.0 Å². The van der Waals surface area contributed by atoms with Gasteiger partial charge in [0, 0.05) is 32.0 Å². The number of carbonyl (C=O) groups excluding carboxylic acids is 2. The van der Waals surface area contributed by atoms with Crippen LogP contribution in [0.15, 0.2) is 36.4 Å². The number of Topliss-reactive ketones (excluding diaryl/α,β-unsaturated/α-hetero) is 1. The number of rotatable bonds is 4. The predicted octanol–water partition coefficient (Wildman–Crippen LogP) is 3.23. The van der Waals surface area contributed by atoms with Crippen molar-refractivity contribution in [1.82, 2.24) is 9.88 Å². The highest BCUT2D eigenvalue weighted by Crippen LogP contribution is 2.29. The summed E-state index contributed by atoms with van der Waals surface area (Å²) in [5.74, 6) is -3.43. The number of nitrogens with one attached hydrogen (secondary N) is 1. The molecule has 8 heteroatoms. The summed E-state index contributed by atoms with van der Waals surface area (Å²) in [6.07, 6.45) is 0.142. The van der Waals surface area contributed by atoms with Crippen molar-refractivity contribution in [2.75, 3.05) is 25.5 Å². The zero-order valence-electron chi connectivity index (χ0n) is 14.6. The van der Waals surface area contributed by atoms with Gasteiger partial charge in [0.05, 0.1) is 5.56 Å². The number of pyridine rings is 1. The molecule has 1 saturated heterocycles. The molecule has 1 aliphatic rings. The van der Waals surface area contributed by atoms with Crippen molar-refractivity contribution in [3.05, 3.63) is 59.3 Å². The first-order valence-corrected chi connectivity index (χ1v) is 8.44. The topological polar surface area (TPSA) is 62.3 Å². The molecule has 5 nitrogen and oxygen atoms in total. The molecular formula is C19H18F3N3O2. The lowest BCUT2D eigenvalue weighted by molar-refractivity contribution is 0.0456. The first-order valence-electron chi connectivity index (χ1n) is 8.44. The summed E-state index contributed by atoms with van der Waals surface area (Å²) in [4.78, 5) is 30.6. The summed E-state index contributed by atoms with van der Waals surface area (Å²) >= 11 is 0. The molecule has 27 heavy (non-hydrogen) atoms. The number of hydrogen-bond acceptors (Lipinski definition) is 4. The summed E-state index contributed by atoms with van der Waals surface area (Å²) < 4.78 is 41.7. The molecule has 0 saturated carbocycles. The van der Waals surface area contributed by atoms with Crippen LogP contribution in [-0.2, 0) is 0 Å². The SMILES string of the molecule is CN1CCC(F)(C(=O)c2cccc(NC(=O)c3ccc(F)cc3F)n2)CC1. The highest BCUT2D eigenvalue weighted by molar-refractivity contribution is 6.05. The smallest absolute Gasteiger partial charge is 0.259 e. The highest BCUT2D eigenvalue weighted by atomic mass is 19.1. The predicted molar refractivity (Wildman–Crippen MR) is 93.4 cm³/mol. The fraction of sp³-hybridized carbons (Fsp3) is 0.316. The monoisotopic (exact) mass is 377 g/mol. The number of piperidine rings is 1. The first kappa shape index (κ1) is 19.0. The largest absolute Gasteiger partial charge is 0.306 e. The third-order valence-corrected chi connectivity index (χ3v) is 4.59. The number of aromatic nitrogens is 1. The molecular weight excluding hydrogens is 359 g/mol. The minimum atomic E-state index is -1.99. The molecule has 1 amide bonds. The third kappa shape index (κ3) is 4.16. The van der Waals surface area contributed by atoms with Crippen molar-refractivity contribution in [2.24, 2.45) is 0 Å². The Morgan fingerprint density at radius 2 is 1.85 bits per heavy atom. The van der Waals surface area contributed by atoms with Gasteiger partial charge in [0.15, 0.2) is 5.67 Å². The van der Waals surface area contributed by atoms with E-state index in [9.17, 15) is 22.8 Å². The van der Waals surface area contributed by atoms with Crippen LogP contribution in [0.3, 0.4) is 0 Å². The summed E-state index contributed by atoms with van der Waals surface area (Å²) in [5.41, 5.74) is -2.47. The van der Waals surface area contributed by atoms with Gasteiger partial charge in [-0.05, 0) is 31.3 Å². The number of benzene rings is 1. The molecule has 0 atom stereocenters. The lowest BCUT2D eigenvalue weighted by atomic mass is 9.87. The number of alkyl halides is 1. The van der Waals surface area contributed by atoms with Gasteiger partial charge in [-0.1, -0.05) is 6.07 Å². The van der Waals surface area contributed by atoms with Crippen molar-refractivity contribution in [3.63, 3.8) is 0 Å². The average molecular weight is 377 g/mol. The average Bonchev–Trinajstić information content (AvgIpc) is 2.64. The zero-order valence-corrected chi connectivity index (χ0v) is 14.6. The van der Waals surface area contributed by atoms with Crippen LogP contribution in [-0.4, -0.2) is 47.4 Å². The molecule has 2 aromatic rings. The van der Waals surface area contributed by atoms with Crippen molar-refractivity contribution in [2.45, 2.75) is 18.5 Å². The lowest BCUT2D eigenvalue weighted by Crippen LogP contribution is -2.45. The Morgan fingerprint density at radius 3 is 2.52 bits per heavy atom. The molecule has 1 fully saturated rings. The van der Waals surface area contributed by atoms with E-state index in [1.807, 2.05) is 11.9 Å². The Labute approximate surface area is 154 Å². The number of nitrogens with zero attached hydrogens (tertiary/aromatic N) is 2. The molecule has 142 valence electrons. The fourth-order valence-electron chi connectivity index (χ4n) is 2.92. The maximum atomic E-state index is 15.0. The Hall–Kier alpha value is -2.74. The van der Waals surface area contributed by atoms with E-state index >= 15 is 0 Å². The van der Waals surface area contributed by atoms with E-state index in [2.05, 4.69) is 10.3 Å². The lowest BCUT2D eigenvalue weighted by Gasteiger charge is -2.33. The number of halogens is 3. The molecule has 0 aliphatic carbocycles. The summed E-state index contributed by atoms with van der Waals surface area (Å²) in [5, 5.41) is 2.34. The number of likely N-dealkylation sites (tertiary alicyclic amines) is 1. The minimum absolute atomic E-state index is 0.0221. The van der Waals surface area contributed by atoms with Gasteiger partial charge in [-0.3, -0.25) is 9.59 Å². The molecule has 0 bridgehead atoms. The van der Waals surface area contributed by atoms with Crippen LogP contribution in [0.2, 0.25) is 0 Å². The quantitative estimate of drug-likeness (QED) is 0.831. The normalized spacial score (nSPS) is 16.7. The van der Waals surface area contributed by atoms with Gasteiger partial charge < -0.3 is 10.2 Å². The van der Waals surface area contributed by atoms with Crippen LogP contribution in [0.25, 0.3) is 0 Å². The molecule has 1 N–H and O–H groups in total. The number of hydrogen-bond donors (Lipinski definition) is 1. The van der Waals surface area contributed by atoms with Crippen LogP contribution >= 0.6 is 0 Å². The van der Waals surface area contributed by atoms with Gasteiger partial charge in [0.25, 0.3) is 5.91 Å². The highest BCUT2D eigenvalue weighted by Gasteiger charge is 2.42. The van der Waals surface area contributed by atoms with Crippen LogP contribution in [0, 0.1) is 11.6 Å². The van der Waals surface area contributed by atoms with Crippen molar-refractivity contribution in [1.29, 1.82) is 0 Å². The van der Waals surface area contributed by atoms with Crippen molar-refractivity contribution >= 4 is 17.5 Å². The molecule has 2 heterocycles. The van der Waals surface area contributed by atoms with Gasteiger partial charge in [0.2, 0.25) is 5.78 Å². The summed E-state index contributed by atoms with van der Waals surface area (Å²) in [6.45, 7) is 0.922. The number of carbonyl (C=O) groups is 2. The molecule has 3 rings (SSSR count). The number of ketones is 1. The van der Waals surface area contributed by atoms with Gasteiger partial charge in [-0.15, -0.1) is 0 Å². The molecule has 0 radical (unpaired) electrons. The van der Waals surface area contributed by atoms with Gasteiger partial charge in [-0.2, -0.15) is 0 Å². The standard InChI is InChI=1S/C19H18F3N3O2/c1-25-9-7-19(22,8-10-25)17(26)15-3-2-4-16(23-15)24-18(27)13-6-5-12(20)11-14(13)21/h2-6,11H,7-10H2,1H3,(H,23,24,27). The summed E-state index contributed by atoms with van der Waals surface area (Å²) in [6, 6.07) is 6.78. The van der Waals surface area contributed by atoms with E-state index in [0.717, 1.165) is 12.1 Å². The van der Waals surface area contributed by atoms with E-state index in [4.69, 9.17) is 0 Å². The van der Waals surface area contributed by atoms with Crippen LogP contribution < -0.4 is 5.32 Å². The molecule has 0 spiro atoms. The maximum absolute atomic E-state index is 15.0. The van der Waals surface area contributed by atoms with Crippen molar-refractivity contribution in [3.8, 4) is 0 Å². The van der Waals surface area contributed by atoms with Gasteiger partial charge >= 0.3 is 0 Å². The molecule has 1 aromatic heterocycles. The minimum Gasteiger partial charge on any atom is -0.306 e. The second-order valence-corrected chi connectivity index (χ2v) is 6.58. The van der Waals surface area contributed by atoms with E-state index in [1.165, 1.54) is 18.2 Å². The Kier molecular flexibility index (Phi) is 5.27. The van der Waals surface area contributed by atoms with Gasteiger partial charge in [-0.25, -0.2) is 18.2 Å². The van der Waals surface area contributed by atoms with Gasteiger partial charge in [0.1, 0.15) is 23.1 Å². The van der Waals surface area contributed by atoms with E-state index in [-0.39, 0.29) is 29.9 Å². The molecule has 1 aliphatic heterocycles. The summed E-state index contributed by atoms with van der Waals surface area (Å²) in [7, 11) is 1.85. The zero-order chi connectivity index (χ0) is 19.6. The van der Waals surface area contributed by atoms with Crippen LogP contribution in [0.4, 0.5) is 19.0 Å². The Bertz CT molecular complexity index is 880.